The van der Waals surface area contributed by atoms with Gasteiger partial charge < -0.3 is 14.9 Å². The monoisotopic (exact) mass is 324 g/mol. The Morgan fingerprint density at radius 2 is 1.50 bits per heavy atom. The van der Waals surface area contributed by atoms with E-state index in [1.807, 2.05) is 0 Å². The van der Waals surface area contributed by atoms with Gasteiger partial charge in [-0.2, -0.15) is 0 Å². The van der Waals surface area contributed by atoms with Gasteiger partial charge in [-0.1, -0.05) is 41.5 Å². The highest BCUT2D eigenvalue weighted by Crippen LogP contribution is 2.43. The normalized spacial score (nSPS) is 23.0. The fourth-order valence-corrected chi connectivity index (χ4v) is 3.75. The van der Waals surface area contributed by atoms with Gasteiger partial charge in [-0.15, -0.1) is 11.8 Å². The number of phenols is 1. The van der Waals surface area contributed by atoms with Crippen LogP contribution in [0.25, 0.3) is 0 Å². The highest BCUT2D eigenvalue weighted by Gasteiger charge is 2.30. The third-order valence-corrected chi connectivity index (χ3v) is 5.25. The van der Waals surface area contributed by atoms with Crippen molar-refractivity contribution in [1.82, 2.24) is 0 Å². The maximum Gasteiger partial charge on any atom is 0.123 e. The molecule has 0 radical (unpaired) electrons. The average molecular weight is 324 g/mol. The molecule has 2 atom stereocenters. The third kappa shape index (κ3) is 3.79. The van der Waals surface area contributed by atoms with E-state index in [0.717, 1.165) is 16.0 Å². The van der Waals surface area contributed by atoms with Crippen molar-refractivity contribution in [2.45, 2.75) is 68.6 Å². The van der Waals surface area contributed by atoms with E-state index in [-0.39, 0.29) is 16.1 Å². The lowest BCUT2D eigenvalue weighted by Gasteiger charge is -2.28. The first kappa shape index (κ1) is 17.6. The van der Waals surface area contributed by atoms with Crippen LogP contribution in [0.3, 0.4) is 0 Å². The summed E-state index contributed by atoms with van der Waals surface area (Å²) in [5.41, 5.74) is 1.64. The van der Waals surface area contributed by atoms with Gasteiger partial charge in [0.05, 0.1) is 24.6 Å². The smallest absolute Gasteiger partial charge is 0.123 e. The standard InChI is InChI=1S/C18H28O3S/c1-17(2,3)12-7-11(22-15-10-21-9-14(15)19)8-13(16(12)20)18(4,5)6/h7-8,14-15,19-20H,9-10H2,1-6H3/t14-,15-/m0/s1. The van der Waals surface area contributed by atoms with Gasteiger partial charge in [0.25, 0.3) is 0 Å². The van der Waals surface area contributed by atoms with Crippen LogP contribution in [0, 0.1) is 0 Å². The summed E-state index contributed by atoms with van der Waals surface area (Å²) in [5.74, 6) is 0.396. The van der Waals surface area contributed by atoms with Gasteiger partial charge in [-0.05, 0) is 23.0 Å². The van der Waals surface area contributed by atoms with Crippen molar-refractivity contribution in [2.75, 3.05) is 13.2 Å². The lowest BCUT2D eigenvalue weighted by Crippen LogP contribution is -2.21. The average Bonchev–Trinajstić information content (AvgIpc) is 2.74. The zero-order chi connectivity index (χ0) is 16.7. The molecule has 22 heavy (non-hydrogen) atoms. The summed E-state index contributed by atoms with van der Waals surface area (Å²) < 4.78 is 5.34. The number of aromatic hydroxyl groups is 1. The number of aliphatic hydroxyl groups excluding tert-OH is 1. The molecule has 0 aromatic heterocycles. The molecule has 3 nitrogen and oxygen atoms in total. The van der Waals surface area contributed by atoms with E-state index in [1.54, 1.807) is 11.8 Å². The van der Waals surface area contributed by atoms with Crippen LogP contribution in [-0.4, -0.2) is 34.8 Å². The van der Waals surface area contributed by atoms with E-state index in [0.29, 0.717) is 19.0 Å². The maximum absolute atomic E-state index is 10.7. The lowest BCUT2D eigenvalue weighted by atomic mass is 9.79. The summed E-state index contributed by atoms with van der Waals surface area (Å²) in [7, 11) is 0. The summed E-state index contributed by atoms with van der Waals surface area (Å²) >= 11 is 1.64. The lowest BCUT2D eigenvalue weighted by molar-refractivity contribution is 0.127. The van der Waals surface area contributed by atoms with Gasteiger partial charge in [-0.3, -0.25) is 0 Å². The SMILES string of the molecule is CC(C)(C)c1cc(S[C@H]2COC[C@@H]2O)cc(C(C)(C)C)c1O. The first-order chi connectivity index (χ1) is 10.00. The second-order valence-electron chi connectivity index (χ2n) is 8.13. The molecule has 4 heteroatoms. The molecule has 1 aromatic rings. The van der Waals surface area contributed by atoms with E-state index in [2.05, 4.69) is 53.7 Å². The highest BCUT2D eigenvalue weighted by molar-refractivity contribution is 8.00. The number of aliphatic hydroxyl groups is 1. The van der Waals surface area contributed by atoms with Crippen molar-refractivity contribution < 1.29 is 14.9 Å². The molecule has 0 aliphatic carbocycles. The van der Waals surface area contributed by atoms with Crippen molar-refractivity contribution >= 4 is 11.8 Å². The van der Waals surface area contributed by atoms with Crippen LogP contribution in [0.1, 0.15) is 52.7 Å². The molecule has 0 saturated carbocycles. The van der Waals surface area contributed by atoms with Gasteiger partial charge >= 0.3 is 0 Å². The van der Waals surface area contributed by atoms with Gasteiger partial charge in [0.2, 0.25) is 0 Å². The summed E-state index contributed by atoms with van der Waals surface area (Å²) in [5, 5.41) is 20.7. The minimum atomic E-state index is -0.421. The molecule has 1 fully saturated rings. The summed E-state index contributed by atoms with van der Waals surface area (Å²) in [6.45, 7) is 13.6. The Hall–Kier alpha value is -0.710. The Balaban J connectivity index is 2.46. The van der Waals surface area contributed by atoms with Gasteiger partial charge in [0, 0.05) is 16.0 Å². The third-order valence-electron chi connectivity index (χ3n) is 3.99. The summed E-state index contributed by atoms with van der Waals surface area (Å²) in [4.78, 5) is 1.09. The van der Waals surface area contributed by atoms with Crippen LogP contribution in [0.15, 0.2) is 17.0 Å². The van der Waals surface area contributed by atoms with Crippen molar-refractivity contribution in [3.05, 3.63) is 23.3 Å². The number of rotatable bonds is 2. The molecule has 1 saturated heterocycles. The van der Waals surface area contributed by atoms with Gasteiger partial charge in [0.15, 0.2) is 0 Å². The predicted molar refractivity (Wildman–Crippen MR) is 92.0 cm³/mol. The molecule has 1 aromatic carbocycles. The number of phenolic OH excluding ortho intramolecular Hbond substituents is 1. The quantitative estimate of drug-likeness (QED) is 0.868. The molecular formula is C18H28O3S. The second kappa shape index (κ2) is 6.06. The fraction of sp³-hybridized carbons (Fsp3) is 0.667. The Kier molecular flexibility index (Phi) is 4.86. The van der Waals surface area contributed by atoms with Crippen LogP contribution in [0.4, 0.5) is 0 Å². The first-order valence-corrected chi connectivity index (χ1v) is 8.68. The Morgan fingerprint density at radius 3 is 1.86 bits per heavy atom. The molecule has 2 rings (SSSR count). The van der Waals surface area contributed by atoms with Crippen molar-refractivity contribution in [1.29, 1.82) is 0 Å². The fourth-order valence-electron chi connectivity index (χ4n) is 2.63. The van der Waals surface area contributed by atoms with E-state index in [4.69, 9.17) is 4.74 Å². The summed E-state index contributed by atoms with van der Waals surface area (Å²) in [6, 6.07) is 4.11. The van der Waals surface area contributed by atoms with Gasteiger partial charge in [-0.25, -0.2) is 0 Å². The van der Waals surface area contributed by atoms with Crippen LogP contribution in [-0.2, 0) is 15.6 Å². The zero-order valence-corrected chi connectivity index (χ0v) is 15.3. The molecule has 1 heterocycles. The van der Waals surface area contributed by atoms with E-state index in [9.17, 15) is 10.2 Å². The number of hydrogen-bond donors (Lipinski definition) is 2. The number of thioether (sulfide) groups is 1. The van der Waals surface area contributed by atoms with E-state index < -0.39 is 6.10 Å². The predicted octanol–water partition coefficient (Wildman–Crippen LogP) is 3.84. The number of ether oxygens (including phenoxy) is 1. The van der Waals surface area contributed by atoms with Crippen molar-refractivity contribution in [3.63, 3.8) is 0 Å². The Morgan fingerprint density at radius 1 is 1.00 bits per heavy atom. The van der Waals surface area contributed by atoms with E-state index >= 15 is 0 Å². The van der Waals surface area contributed by atoms with Gasteiger partial charge in [0.1, 0.15) is 5.75 Å². The van der Waals surface area contributed by atoms with Crippen molar-refractivity contribution in [3.8, 4) is 5.75 Å². The molecule has 0 unspecified atom stereocenters. The summed E-state index contributed by atoms with van der Waals surface area (Å²) in [6.07, 6.45) is -0.421. The van der Waals surface area contributed by atoms with Crippen LogP contribution >= 0.6 is 11.8 Å². The minimum absolute atomic E-state index is 0.0604. The number of benzene rings is 1. The molecule has 2 N–H and O–H groups in total. The maximum atomic E-state index is 10.7. The zero-order valence-electron chi connectivity index (χ0n) is 14.4. The molecule has 1 aliphatic heterocycles. The largest absolute Gasteiger partial charge is 0.507 e. The van der Waals surface area contributed by atoms with Crippen LogP contribution < -0.4 is 0 Å². The molecule has 1 aliphatic rings. The Bertz CT molecular complexity index is 505. The molecule has 0 bridgehead atoms. The topological polar surface area (TPSA) is 49.7 Å². The van der Waals surface area contributed by atoms with Crippen molar-refractivity contribution in [2.24, 2.45) is 0 Å². The first-order valence-electron chi connectivity index (χ1n) is 7.80. The molecule has 124 valence electrons. The minimum Gasteiger partial charge on any atom is -0.507 e. The van der Waals surface area contributed by atoms with Crippen LogP contribution in [0.5, 0.6) is 5.75 Å². The second-order valence-corrected chi connectivity index (χ2v) is 9.44. The molecule has 0 amide bonds. The molecule has 0 spiro atoms. The van der Waals surface area contributed by atoms with E-state index in [1.165, 1.54) is 0 Å². The Labute approximate surface area is 138 Å². The van der Waals surface area contributed by atoms with Crippen LogP contribution in [0.2, 0.25) is 0 Å². The molecular weight excluding hydrogens is 296 g/mol. The highest BCUT2D eigenvalue weighted by atomic mass is 32.2. The number of hydrogen-bond acceptors (Lipinski definition) is 4.